The van der Waals surface area contributed by atoms with E-state index in [4.69, 9.17) is 9.22 Å². The third-order valence-corrected chi connectivity index (χ3v) is 1.89. The average Bonchev–Trinajstić information content (AvgIpc) is 2.28. The van der Waals surface area contributed by atoms with E-state index >= 15 is 0 Å². The van der Waals surface area contributed by atoms with Crippen LogP contribution in [-0.4, -0.2) is 23.0 Å². The summed E-state index contributed by atoms with van der Waals surface area (Å²) in [6.45, 7) is -2.84. The first-order valence-corrected chi connectivity index (χ1v) is 4.38. The maximum atomic E-state index is 11.2. The van der Waals surface area contributed by atoms with Crippen molar-refractivity contribution in [1.29, 1.82) is 0 Å². The highest BCUT2D eigenvalue weighted by molar-refractivity contribution is 5.82. The molecule has 0 radical (unpaired) electrons. The Labute approximate surface area is 92.1 Å². The van der Waals surface area contributed by atoms with Crippen LogP contribution in [0.5, 0.6) is 0 Å². The fraction of sp³-hybridized carbons (Fsp3) is 0.273. The summed E-state index contributed by atoms with van der Waals surface area (Å²) in [5.41, 5.74) is 0.704. The van der Waals surface area contributed by atoms with Gasteiger partial charge in [-0.15, -0.1) is 0 Å². The second-order valence-corrected chi connectivity index (χ2v) is 3.05. The van der Waals surface area contributed by atoms with Crippen LogP contribution in [0.4, 0.5) is 0 Å². The van der Waals surface area contributed by atoms with Crippen LogP contribution in [-0.2, 0) is 16.0 Å². The van der Waals surface area contributed by atoms with Crippen molar-refractivity contribution in [3.05, 3.63) is 35.9 Å². The molecule has 0 heterocycles. The van der Waals surface area contributed by atoms with Gasteiger partial charge in [0.1, 0.15) is 6.04 Å². The Hall–Kier alpha value is -1.84. The van der Waals surface area contributed by atoms with E-state index in [1.165, 1.54) is 0 Å². The van der Waals surface area contributed by atoms with Gasteiger partial charge in [0.05, 0.1) is 0 Å². The van der Waals surface area contributed by atoms with E-state index in [1.807, 2.05) is 5.32 Å². The number of aliphatic carboxylic acids is 1. The molecule has 1 aromatic rings. The molecule has 1 atom stereocenters. The van der Waals surface area contributed by atoms with Crippen LogP contribution < -0.4 is 5.32 Å². The van der Waals surface area contributed by atoms with E-state index < -0.39 is 24.8 Å². The van der Waals surface area contributed by atoms with Crippen LogP contribution in [0.15, 0.2) is 30.3 Å². The molecule has 4 nitrogen and oxygen atoms in total. The molecular formula is C11H13NO3. The maximum absolute atomic E-state index is 11.2. The molecule has 0 bridgehead atoms. The minimum atomic E-state index is -2.84. The van der Waals surface area contributed by atoms with Gasteiger partial charge in [-0.05, 0) is 5.56 Å². The molecule has 15 heavy (non-hydrogen) atoms. The van der Waals surface area contributed by atoms with Gasteiger partial charge in [-0.1, -0.05) is 30.3 Å². The van der Waals surface area contributed by atoms with Crippen molar-refractivity contribution in [3.63, 3.8) is 0 Å². The molecule has 2 N–H and O–H groups in total. The van der Waals surface area contributed by atoms with Crippen molar-refractivity contribution >= 4 is 11.9 Å². The van der Waals surface area contributed by atoms with Crippen LogP contribution in [0.1, 0.15) is 16.5 Å². The summed E-state index contributed by atoms with van der Waals surface area (Å²) in [6, 6.07) is 7.41. The molecule has 0 fully saturated rings. The lowest BCUT2D eigenvalue weighted by molar-refractivity contribution is -0.141. The van der Waals surface area contributed by atoms with E-state index in [0.29, 0.717) is 5.56 Å². The molecule has 0 aliphatic carbocycles. The van der Waals surface area contributed by atoms with Crippen molar-refractivity contribution in [2.75, 3.05) is 0 Å². The Kier molecular flexibility index (Phi) is 2.55. The number of carbonyl (C=O) groups is 2. The molecule has 1 amide bonds. The first-order valence-electron chi connectivity index (χ1n) is 5.88. The SMILES string of the molecule is [2H]C([2H])([2H])C(=O)N[C@@H](Cc1ccccc1)C(=O)O. The molecular weight excluding hydrogens is 194 g/mol. The molecule has 80 valence electrons. The fourth-order valence-corrected chi connectivity index (χ4v) is 1.21. The van der Waals surface area contributed by atoms with Gasteiger partial charge in [-0.25, -0.2) is 4.79 Å². The number of carboxylic acid groups (broad SMARTS) is 1. The number of rotatable bonds is 4. The van der Waals surface area contributed by atoms with Crippen LogP contribution in [0.3, 0.4) is 0 Å². The van der Waals surface area contributed by atoms with E-state index in [9.17, 15) is 9.59 Å². The van der Waals surface area contributed by atoms with Crippen molar-refractivity contribution in [1.82, 2.24) is 5.32 Å². The van der Waals surface area contributed by atoms with E-state index in [2.05, 4.69) is 0 Å². The zero-order valence-corrected chi connectivity index (χ0v) is 7.93. The van der Waals surface area contributed by atoms with Gasteiger partial charge in [-0.3, -0.25) is 4.79 Å². The Balaban J connectivity index is 2.73. The van der Waals surface area contributed by atoms with Crippen molar-refractivity contribution in [3.8, 4) is 0 Å². The predicted molar refractivity (Wildman–Crippen MR) is 55.4 cm³/mol. The average molecular weight is 210 g/mol. The van der Waals surface area contributed by atoms with Crippen LogP contribution in [0.2, 0.25) is 0 Å². The first-order chi connectivity index (χ1) is 8.30. The minimum Gasteiger partial charge on any atom is -0.480 e. The monoisotopic (exact) mass is 210 g/mol. The van der Waals surface area contributed by atoms with Gasteiger partial charge in [0.2, 0.25) is 5.91 Å². The summed E-state index contributed by atoms with van der Waals surface area (Å²) >= 11 is 0. The lowest BCUT2D eigenvalue weighted by Crippen LogP contribution is -2.41. The molecule has 0 spiro atoms. The number of hydrogen-bond donors (Lipinski definition) is 2. The standard InChI is InChI=1S/C11H13NO3/c1-8(13)12-10(11(14)15)7-9-5-3-2-4-6-9/h2-6,10H,7H2,1H3,(H,12,13)(H,14,15)/t10-/m0/s1/i1D3. The molecule has 0 saturated heterocycles. The number of amides is 1. The number of nitrogens with one attached hydrogen (secondary N) is 1. The molecule has 0 aromatic heterocycles. The topological polar surface area (TPSA) is 66.4 Å². The second kappa shape index (κ2) is 5.14. The lowest BCUT2D eigenvalue weighted by atomic mass is 10.1. The number of benzene rings is 1. The Morgan fingerprint density at radius 1 is 1.47 bits per heavy atom. The number of hydrogen-bond acceptors (Lipinski definition) is 2. The van der Waals surface area contributed by atoms with Crippen LogP contribution in [0, 0.1) is 0 Å². The Bertz CT molecular complexity index is 431. The molecule has 1 rings (SSSR count). The van der Waals surface area contributed by atoms with E-state index in [0.717, 1.165) is 0 Å². The van der Waals surface area contributed by atoms with Gasteiger partial charge in [0.25, 0.3) is 0 Å². The van der Waals surface area contributed by atoms with Gasteiger partial charge in [0, 0.05) is 17.4 Å². The third kappa shape index (κ3) is 3.81. The van der Waals surface area contributed by atoms with Gasteiger partial charge in [0.15, 0.2) is 0 Å². The summed E-state index contributed by atoms with van der Waals surface area (Å²) in [6.07, 6.45) is 0.0397. The summed E-state index contributed by atoms with van der Waals surface area (Å²) in [5, 5.41) is 11.0. The summed E-state index contributed by atoms with van der Waals surface area (Å²) in [7, 11) is 0. The van der Waals surface area contributed by atoms with Crippen LogP contribution >= 0.6 is 0 Å². The smallest absolute Gasteiger partial charge is 0.326 e. The highest BCUT2D eigenvalue weighted by Crippen LogP contribution is 2.03. The van der Waals surface area contributed by atoms with Gasteiger partial charge < -0.3 is 10.4 Å². The lowest BCUT2D eigenvalue weighted by Gasteiger charge is -2.12. The molecule has 4 heteroatoms. The molecule has 0 unspecified atom stereocenters. The van der Waals surface area contributed by atoms with Gasteiger partial charge >= 0.3 is 5.97 Å². The van der Waals surface area contributed by atoms with E-state index in [1.54, 1.807) is 30.3 Å². The first kappa shape index (κ1) is 7.45. The van der Waals surface area contributed by atoms with Crippen molar-refractivity contribution < 1.29 is 18.8 Å². The normalized spacial score (nSPS) is 15.6. The third-order valence-electron chi connectivity index (χ3n) is 1.89. The Morgan fingerprint density at radius 3 is 2.67 bits per heavy atom. The molecule has 0 aliphatic heterocycles. The summed E-state index contributed by atoms with van der Waals surface area (Å²) in [4.78, 5) is 22.2. The van der Waals surface area contributed by atoms with E-state index in [-0.39, 0.29) is 6.42 Å². The van der Waals surface area contributed by atoms with Crippen molar-refractivity contribution in [2.24, 2.45) is 0 Å². The predicted octanol–water partition coefficient (Wildman–Crippen LogP) is 0.818. The largest absolute Gasteiger partial charge is 0.480 e. The zero-order chi connectivity index (χ0) is 13.8. The maximum Gasteiger partial charge on any atom is 0.326 e. The molecule has 0 aliphatic rings. The van der Waals surface area contributed by atoms with Crippen molar-refractivity contribution in [2.45, 2.75) is 19.3 Å². The molecule has 0 saturated carbocycles. The molecule has 1 aromatic carbocycles. The number of carbonyl (C=O) groups excluding carboxylic acids is 1. The van der Waals surface area contributed by atoms with Crippen LogP contribution in [0.25, 0.3) is 0 Å². The highest BCUT2D eigenvalue weighted by atomic mass is 16.4. The highest BCUT2D eigenvalue weighted by Gasteiger charge is 2.18. The second-order valence-electron chi connectivity index (χ2n) is 3.05. The fourth-order valence-electron chi connectivity index (χ4n) is 1.21. The zero-order valence-electron chi connectivity index (χ0n) is 10.9. The summed E-state index contributed by atoms with van der Waals surface area (Å²) in [5.74, 6) is -2.53. The number of carboxylic acids is 1. The minimum absolute atomic E-state index is 0.0397. The Morgan fingerprint density at radius 2 is 2.13 bits per heavy atom. The van der Waals surface area contributed by atoms with Gasteiger partial charge in [-0.2, -0.15) is 0 Å². The summed E-state index contributed by atoms with van der Waals surface area (Å²) < 4.78 is 20.6. The quantitative estimate of drug-likeness (QED) is 0.773.